The molecular formula is C24H26. The van der Waals surface area contributed by atoms with E-state index in [1.54, 1.807) is 11.1 Å². The second kappa shape index (κ2) is 5.77. The predicted molar refractivity (Wildman–Crippen MR) is 105 cm³/mol. The van der Waals surface area contributed by atoms with Crippen LogP contribution in [0.25, 0.3) is 23.3 Å². The van der Waals surface area contributed by atoms with Crippen LogP contribution in [0, 0.1) is 11.8 Å². The van der Waals surface area contributed by atoms with Crippen molar-refractivity contribution in [3.63, 3.8) is 0 Å². The van der Waals surface area contributed by atoms with Gasteiger partial charge in [0.05, 0.1) is 0 Å². The molecule has 0 atom stereocenters. The third-order valence-electron chi connectivity index (χ3n) is 5.61. The molecule has 0 radical (unpaired) electrons. The largest absolute Gasteiger partial charge is 0.0626 e. The Balaban J connectivity index is 1.87. The van der Waals surface area contributed by atoms with Gasteiger partial charge in [-0.2, -0.15) is 0 Å². The third-order valence-corrected chi connectivity index (χ3v) is 5.61. The van der Waals surface area contributed by atoms with Gasteiger partial charge in [-0.05, 0) is 58.1 Å². The Morgan fingerprint density at radius 3 is 1.42 bits per heavy atom. The molecule has 2 aliphatic carbocycles. The van der Waals surface area contributed by atoms with Gasteiger partial charge in [0.1, 0.15) is 0 Å². The average molecular weight is 314 g/mol. The zero-order valence-electron chi connectivity index (χ0n) is 15.2. The van der Waals surface area contributed by atoms with Gasteiger partial charge in [0.2, 0.25) is 0 Å². The van der Waals surface area contributed by atoms with Crippen molar-refractivity contribution in [3.05, 3.63) is 69.8 Å². The Labute approximate surface area is 145 Å². The Morgan fingerprint density at radius 1 is 0.625 bits per heavy atom. The second-order valence-electron chi connectivity index (χ2n) is 7.86. The molecular weight excluding hydrogens is 288 g/mol. The molecule has 0 nitrogen and oxygen atoms in total. The van der Waals surface area contributed by atoms with E-state index in [2.05, 4.69) is 76.2 Å². The van der Waals surface area contributed by atoms with Gasteiger partial charge in [0, 0.05) is 0 Å². The number of hydrogen-bond acceptors (Lipinski definition) is 0. The lowest BCUT2D eigenvalue weighted by atomic mass is 9.92. The van der Waals surface area contributed by atoms with Gasteiger partial charge in [0.25, 0.3) is 0 Å². The molecule has 0 fully saturated rings. The van der Waals surface area contributed by atoms with E-state index >= 15 is 0 Å². The minimum absolute atomic E-state index is 0.624. The average Bonchev–Trinajstić information content (AvgIpc) is 3.18. The fourth-order valence-corrected chi connectivity index (χ4v) is 4.00. The first-order valence-corrected chi connectivity index (χ1v) is 9.19. The van der Waals surface area contributed by atoms with Gasteiger partial charge in [-0.15, -0.1) is 0 Å². The molecule has 24 heavy (non-hydrogen) atoms. The minimum atomic E-state index is 0.624. The van der Waals surface area contributed by atoms with Gasteiger partial charge < -0.3 is 0 Å². The van der Waals surface area contributed by atoms with Crippen LogP contribution < -0.4 is 0 Å². The molecule has 0 amide bonds. The van der Waals surface area contributed by atoms with Crippen LogP contribution in [0.3, 0.4) is 0 Å². The Bertz CT molecular complexity index is 786. The van der Waals surface area contributed by atoms with Crippen LogP contribution in [-0.2, 0) is 12.8 Å². The molecule has 0 heteroatoms. The summed E-state index contributed by atoms with van der Waals surface area (Å²) in [5.41, 5.74) is 11.8. The fourth-order valence-electron chi connectivity index (χ4n) is 4.00. The first-order valence-electron chi connectivity index (χ1n) is 9.19. The molecule has 122 valence electrons. The van der Waals surface area contributed by atoms with E-state index in [1.807, 2.05) is 0 Å². The standard InChI is InChI=1S/C24H26/c1-15(2)19-11-17-7-5-9-21(23(17)13-19)22-10-6-8-18-12-20(16(3)4)14-24(18)22/h5-10,13-16H,11-12H2,1-4H3. The third kappa shape index (κ3) is 2.45. The summed E-state index contributed by atoms with van der Waals surface area (Å²) in [5.74, 6) is 1.25. The Kier molecular flexibility index (Phi) is 3.72. The number of hydrogen-bond donors (Lipinski definition) is 0. The summed E-state index contributed by atoms with van der Waals surface area (Å²) in [6, 6.07) is 13.6. The van der Waals surface area contributed by atoms with Crippen molar-refractivity contribution in [2.75, 3.05) is 0 Å². The number of rotatable bonds is 3. The van der Waals surface area contributed by atoms with Crippen molar-refractivity contribution in [1.29, 1.82) is 0 Å². The van der Waals surface area contributed by atoms with E-state index in [4.69, 9.17) is 0 Å². The summed E-state index contributed by atoms with van der Waals surface area (Å²) < 4.78 is 0. The van der Waals surface area contributed by atoms with Gasteiger partial charge in [0.15, 0.2) is 0 Å². The van der Waals surface area contributed by atoms with Crippen LogP contribution in [-0.4, -0.2) is 0 Å². The molecule has 0 spiro atoms. The molecule has 4 rings (SSSR count). The minimum Gasteiger partial charge on any atom is -0.0626 e. The quantitative estimate of drug-likeness (QED) is 0.603. The highest BCUT2D eigenvalue weighted by molar-refractivity contribution is 5.87. The summed E-state index contributed by atoms with van der Waals surface area (Å²) in [6.07, 6.45) is 7.11. The highest BCUT2D eigenvalue weighted by atomic mass is 14.3. The van der Waals surface area contributed by atoms with Gasteiger partial charge in [-0.25, -0.2) is 0 Å². The molecule has 0 unspecified atom stereocenters. The topological polar surface area (TPSA) is 0 Å². The zero-order chi connectivity index (χ0) is 16.8. The maximum atomic E-state index is 2.44. The van der Waals surface area contributed by atoms with Crippen LogP contribution in [0.1, 0.15) is 49.9 Å². The van der Waals surface area contributed by atoms with Gasteiger partial charge in [-0.3, -0.25) is 0 Å². The van der Waals surface area contributed by atoms with Gasteiger partial charge >= 0.3 is 0 Å². The van der Waals surface area contributed by atoms with E-state index < -0.39 is 0 Å². The van der Waals surface area contributed by atoms with Crippen LogP contribution in [0.15, 0.2) is 47.5 Å². The number of benzene rings is 2. The number of allylic oxidation sites excluding steroid dienone is 2. The Hall–Kier alpha value is -2.08. The molecule has 0 N–H and O–H groups in total. The summed E-state index contributed by atoms with van der Waals surface area (Å²) >= 11 is 0. The van der Waals surface area contributed by atoms with Crippen LogP contribution in [0.5, 0.6) is 0 Å². The highest BCUT2D eigenvalue weighted by Gasteiger charge is 2.22. The predicted octanol–water partition coefficient (Wildman–Crippen LogP) is 6.54. The normalized spacial score (nSPS) is 15.6. The van der Waals surface area contributed by atoms with Crippen molar-refractivity contribution >= 4 is 12.2 Å². The number of fused-ring (bicyclic) bond motifs is 2. The van der Waals surface area contributed by atoms with E-state index in [1.165, 1.54) is 33.4 Å². The molecule has 0 bridgehead atoms. The van der Waals surface area contributed by atoms with Crippen molar-refractivity contribution in [3.8, 4) is 11.1 Å². The lowest BCUT2D eigenvalue weighted by molar-refractivity contribution is 0.754. The summed E-state index contributed by atoms with van der Waals surface area (Å²) in [5, 5.41) is 0. The van der Waals surface area contributed by atoms with Crippen LogP contribution in [0.4, 0.5) is 0 Å². The summed E-state index contributed by atoms with van der Waals surface area (Å²) in [4.78, 5) is 0. The van der Waals surface area contributed by atoms with E-state index in [9.17, 15) is 0 Å². The fraction of sp³-hybridized carbons (Fsp3) is 0.333. The Morgan fingerprint density at radius 2 is 1.04 bits per heavy atom. The SMILES string of the molecule is CC(C)C1=Cc2c(cccc2-c2cccc3c2C=C(C(C)C)C3)C1. The molecule has 2 aromatic carbocycles. The maximum Gasteiger partial charge on any atom is -0.00550 e. The van der Waals surface area contributed by atoms with E-state index in [0.29, 0.717) is 11.8 Å². The molecule has 0 aromatic heterocycles. The first-order chi connectivity index (χ1) is 11.5. The monoisotopic (exact) mass is 314 g/mol. The lowest BCUT2D eigenvalue weighted by Crippen LogP contribution is -1.94. The van der Waals surface area contributed by atoms with Crippen LogP contribution in [0.2, 0.25) is 0 Å². The molecule has 2 aromatic rings. The molecule has 2 aliphatic rings. The zero-order valence-corrected chi connectivity index (χ0v) is 15.2. The summed E-state index contributed by atoms with van der Waals surface area (Å²) in [6.45, 7) is 9.20. The van der Waals surface area contributed by atoms with Crippen molar-refractivity contribution in [2.45, 2.75) is 40.5 Å². The molecule has 0 saturated carbocycles. The van der Waals surface area contributed by atoms with Crippen LogP contribution >= 0.6 is 0 Å². The highest BCUT2D eigenvalue weighted by Crippen LogP contribution is 2.41. The lowest BCUT2D eigenvalue weighted by Gasteiger charge is -2.12. The van der Waals surface area contributed by atoms with Crippen molar-refractivity contribution in [2.24, 2.45) is 11.8 Å². The van der Waals surface area contributed by atoms with Gasteiger partial charge in [-0.1, -0.05) is 87.4 Å². The molecule has 0 aliphatic heterocycles. The first kappa shape index (κ1) is 15.4. The smallest absolute Gasteiger partial charge is 0.00550 e. The summed E-state index contributed by atoms with van der Waals surface area (Å²) in [7, 11) is 0. The van der Waals surface area contributed by atoms with E-state index in [0.717, 1.165) is 12.8 Å². The molecule has 0 saturated heterocycles. The van der Waals surface area contributed by atoms with Crippen molar-refractivity contribution in [1.82, 2.24) is 0 Å². The van der Waals surface area contributed by atoms with E-state index in [-0.39, 0.29) is 0 Å². The second-order valence-corrected chi connectivity index (χ2v) is 7.86. The maximum absolute atomic E-state index is 2.44. The molecule has 0 heterocycles. The van der Waals surface area contributed by atoms with Crippen molar-refractivity contribution < 1.29 is 0 Å².